The van der Waals surface area contributed by atoms with Gasteiger partial charge in [-0.25, -0.2) is 20.2 Å². The first-order chi connectivity index (χ1) is 34.0. The van der Waals surface area contributed by atoms with E-state index in [4.69, 9.17) is 24.2 Å². The van der Waals surface area contributed by atoms with Crippen LogP contribution in [0.4, 0.5) is 4.79 Å². The molecule has 4 aliphatic rings. The fourth-order valence-corrected chi connectivity index (χ4v) is 10.8. The maximum atomic E-state index is 14.8. The summed E-state index contributed by atoms with van der Waals surface area (Å²) < 4.78 is 20.5. The number of benzene rings is 1. The van der Waals surface area contributed by atoms with Crippen LogP contribution in [0.1, 0.15) is 90.4 Å². The predicted molar refractivity (Wildman–Crippen MR) is 267 cm³/mol. The van der Waals surface area contributed by atoms with Crippen LogP contribution in [-0.2, 0) is 52.8 Å². The highest BCUT2D eigenvalue weighted by molar-refractivity contribution is 5.95. The van der Waals surface area contributed by atoms with Crippen molar-refractivity contribution in [2.75, 3.05) is 60.1 Å². The van der Waals surface area contributed by atoms with E-state index in [-0.39, 0.29) is 43.5 Å². The Balaban J connectivity index is 1.12. The van der Waals surface area contributed by atoms with Gasteiger partial charge in [0.1, 0.15) is 23.9 Å². The number of carbonyl (C=O) groups is 5. The number of amides is 5. The summed E-state index contributed by atoms with van der Waals surface area (Å²) in [5.74, 6) is -1.64. The third kappa shape index (κ3) is 10.7. The SMILES string of the molecule is C=CC(=O)N1CCOC2(CCN(C(=O)N(C)[C@H](C(=O)N[C@H]3Cc4nccc(n4)-c4ccc5c(c4)c(c(-c4cccnc4[C@H](C)OC)n5CC)CC(C)(C)COC(=O)[C@@H]4CCCN(N4)C3=O)C(C)C)CC2)C1. The molecule has 3 aromatic heterocycles. The number of carbonyl (C=O) groups excluding carboxylic acids is 5. The molecule has 7 heterocycles. The van der Waals surface area contributed by atoms with Gasteiger partial charge in [0.25, 0.3) is 5.91 Å². The van der Waals surface area contributed by atoms with Crippen LogP contribution >= 0.6 is 0 Å². The third-order valence-corrected chi connectivity index (χ3v) is 14.6. The second kappa shape index (κ2) is 21.2. The second-order valence-corrected chi connectivity index (χ2v) is 20.6. The van der Waals surface area contributed by atoms with Crippen molar-refractivity contribution in [3.8, 4) is 22.5 Å². The fourth-order valence-electron chi connectivity index (χ4n) is 10.8. The summed E-state index contributed by atoms with van der Waals surface area (Å²) >= 11 is 0. The Bertz CT molecular complexity index is 2660. The van der Waals surface area contributed by atoms with Crippen molar-refractivity contribution in [2.24, 2.45) is 11.3 Å². The lowest BCUT2D eigenvalue weighted by molar-refractivity contribution is -0.155. The van der Waals surface area contributed by atoms with E-state index in [2.05, 4.69) is 65.8 Å². The summed E-state index contributed by atoms with van der Waals surface area (Å²) in [7, 11) is 3.29. The molecule has 18 heteroatoms. The third-order valence-electron chi connectivity index (χ3n) is 14.6. The molecule has 4 atom stereocenters. The summed E-state index contributed by atoms with van der Waals surface area (Å²) in [4.78, 5) is 89.4. The van der Waals surface area contributed by atoms with E-state index in [1.165, 1.54) is 16.0 Å². The summed E-state index contributed by atoms with van der Waals surface area (Å²) in [5.41, 5.74) is 8.40. The molecule has 1 spiro atoms. The van der Waals surface area contributed by atoms with Crippen molar-refractivity contribution in [2.45, 2.75) is 116 Å². The highest BCUT2D eigenvalue weighted by Crippen LogP contribution is 2.42. The summed E-state index contributed by atoms with van der Waals surface area (Å²) in [6.45, 7) is 18.8. The Morgan fingerprint density at radius 3 is 2.54 bits per heavy atom. The first-order valence-electron chi connectivity index (χ1n) is 25.0. The number of rotatable bonds is 9. The maximum absolute atomic E-state index is 14.8. The number of cyclic esters (lactones) is 1. The van der Waals surface area contributed by atoms with Crippen molar-refractivity contribution in [3.05, 3.63) is 78.5 Å². The van der Waals surface area contributed by atoms with Crippen molar-refractivity contribution < 1.29 is 38.2 Å². The lowest BCUT2D eigenvalue weighted by atomic mass is 9.84. The number of pyridine rings is 1. The minimum absolute atomic E-state index is 0.0761. The lowest BCUT2D eigenvalue weighted by Crippen LogP contribution is -2.63. The van der Waals surface area contributed by atoms with Crippen LogP contribution < -0.4 is 10.7 Å². The predicted octanol–water partition coefficient (Wildman–Crippen LogP) is 5.49. The van der Waals surface area contributed by atoms with Gasteiger partial charge in [0, 0.05) is 93.1 Å². The molecule has 0 aliphatic carbocycles. The number of hydrogen-bond donors (Lipinski definition) is 2. The van der Waals surface area contributed by atoms with Crippen LogP contribution in [-0.4, -0.2) is 153 Å². The van der Waals surface area contributed by atoms with Gasteiger partial charge in [0.2, 0.25) is 11.8 Å². The molecule has 71 heavy (non-hydrogen) atoms. The molecular formula is C53H70N10O8. The number of morpholine rings is 1. The minimum Gasteiger partial charge on any atom is -0.464 e. The highest BCUT2D eigenvalue weighted by atomic mass is 16.5. The molecule has 4 aromatic rings. The Morgan fingerprint density at radius 2 is 1.82 bits per heavy atom. The van der Waals surface area contributed by atoms with Gasteiger partial charge in [0.15, 0.2) is 0 Å². The molecule has 0 saturated carbocycles. The molecular weight excluding hydrogens is 905 g/mol. The van der Waals surface area contributed by atoms with Gasteiger partial charge in [-0.1, -0.05) is 40.3 Å². The number of hydrazine groups is 1. The van der Waals surface area contributed by atoms with Crippen LogP contribution in [0, 0.1) is 11.3 Å². The number of nitrogens with one attached hydrogen (secondary N) is 2. The van der Waals surface area contributed by atoms with Gasteiger partial charge in [-0.05, 0) is 93.8 Å². The normalized spacial score (nSPS) is 21.3. The number of likely N-dealkylation sites (tertiary alicyclic amines) is 1. The van der Waals surface area contributed by atoms with E-state index in [0.717, 1.165) is 39.0 Å². The Kier molecular flexibility index (Phi) is 15.3. The Morgan fingerprint density at radius 1 is 1.04 bits per heavy atom. The van der Waals surface area contributed by atoms with E-state index in [1.54, 1.807) is 36.4 Å². The number of fused-ring (bicyclic) bond motifs is 6. The first-order valence-corrected chi connectivity index (χ1v) is 25.0. The molecule has 1 aromatic carbocycles. The van der Waals surface area contributed by atoms with Gasteiger partial charge < -0.3 is 38.8 Å². The first kappa shape index (κ1) is 51.1. The Labute approximate surface area is 416 Å². The standard InChI is InChI=1S/C53H70N10O8/c1-10-44(64)61-26-27-71-53(31-61)19-24-60(25-20-53)51(68)59(8)46(33(3)4)48(65)57-41-29-43-54-22-18-39(56-43)35-16-17-42-37(28-35)38(47(62(42)11-2)36-14-12-21-55-45(36)34(5)69-9)30-52(6,7)32-70-50(67)40-15-13-23-63(58-40)49(41)66/h10,12,14,16-18,21-22,28,33-34,40-41,46,58H,1,11,13,15,19-20,23-27,29-32H2,2-9H3,(H,57,65)/t34-,40-,41-,46-/m0/s1. The zero-order valence-electron chi connectivity index (χ0n) is 42.5. The zero-order valence-corrected chi connectivity index (χ0v) is 42.5. The smallest absolute Gasteiger partial charge is 0.324 e. The number of aromatic nitrogens is 4. The molecule has 0 unspecified atom stereocenters. The van der Waals surface area contributed by atoms with E-state index in [1.807, 2.05) is 39.0 Å². The van der Waals surface area contributed by atoms with Gasteiger partial charge >= 0.3 is 12.0 Å². The molecule has 380 valence electrons. The van der Waals surface area contributed by atoms with E-state index < -0.39 is 46.9 Å². The summed E-state index contributed by atoms with van der Waals surface area (Å²) in [6.07, 6.45) is 6.97. The maximum Gasteiger partial charge on any atom is 0.324 e. The number of methoxy groups -OCH3 is 1. The molecule has 5 amide bonds. The van der Waals surface area contributed by atoms with Crippen LogP contribution in [0.25, 0.3) is 33.4 Å². The number of nitrogens with zero attached hydrogens (tertiary/aromatic N) is 8. The van der Waals surface area contributed by atoms with Crippen LogP contribution in [0.3, 0.4) is 0 Å². The van der Waals surface area contributed by atoms with Crippen LogP contribution in [0.15, 0.2) is 61.4 Å². The van der Waals surface area contributed by atoms with Crippen molar-refractivity contribution in [3.63, 3.8) is 0 Å². The number of likely N-dealkylation sites (N-methyl/N-ethyl adjacent to an activating group) is 1. The fraction of sp³-hybridized carbons (Fsp3) is 0.547. The monoisotopic (exact) mass is 975 g/mol. The lowest BCUT2D eigenvalue weighted by Gasteiger charge is -2.47. The molecule has 6 bridgehead atoms. The van der Waals surface area contributed by atoms with Gasteiger partial charge in [-0.15, -0.1) is 0 Å². The molecule has 8 rings (SSSR count). The largest absolute Gasteiger partial charge is 0.464 e. The zero-order chi connectivity index (χ0) is 50.8. The van der Waals surface area contributed by atoms with Gasteiger partial charge in [0.05, 0.1) is 48.5 Å². The average molecular weight is 975 g/mol. The molecule has 18 nitrogen and oxygen atoms in total. The average Bonchev–Trinajstić information content (AvgIpc) is 3.67. The Hall–Kier alpha value is -6.24. The number of urea groups is 1. The van der Waals surface area contributed by atoms with E-state index >= 15 is 0 Å². The number of esters is 1. The highest BCUT2D eigenvalue weighted by Gasteiger charge is 2.44. The van der Waals surface area contributed by atoms with Crippen molar-refractivity contribution in [1.82, 2.24) is 50.0 Å². The van der Waals surface area contributed by atoms with Crippen LogP contribution in [0.2, 0.25) is 0 Å². The number of hydrogen-bond acceptors (Lipinski definition) is 12. The number of ether oxygens (including phenoxy) is 3. The summed E-state index contributed by atoms with van der Waals surface area (Å²) in [5, 5.41) is 5.43. The quantitative estimate of drug-likeness (QED) is 0.159. The van der Waals surface area contributed by atoms with Crippen molar-refractivity contribution in [1.29, 1.82) is 0 Å². The topological polar surface area (TPSA) is 194 Å². The van der Waals surface area contributed by atoms with Crippen LogP contribution in [0.5, 0.6) is 0 Å². The molecule has 0 radical (unpaired) electrons. The molecule has 3 saturated heterocycles. The van der Waals surface area contributed by atoms with E-state index in [0.29, 0.717) is 83.0 Å². The number of piperidine rings is 1. The molecule has 4 aliphatic heterocycles. The van der Waals surface area contributed by atoms with Crippen molar-refractivity contribution >= 4 is 40.6 Å². The summed E-state index contributed by atoms with van der Waals surface area (Å²) in [6, 6.07) is 8.86. The second-order valence-electron chi connectivity index (χ2n) is 20.6. The van der Waals surface area contributed by atoms with Gasteiger partial charge in [-0.3, -0.25) is 29.2 Å². The molecule has 3 fully saturated rings. The van der Waals surface area contributed by atoms with E-state index in [9.17, 15) is 24.0 Å². The minimum atomic E-state index is -1.18. The van der Waals surface area contributed by atoms with Gasteiger partial charge in [-0.2, -0.15) is 0 Å². The molecule has 2 N–H and O–H groups in total. The number of aryl methyl sites for hydroxylation is 1.